The molecule has 0 spiro atoms. The van der Waals surface area contributed by atoms with Gasteiger partial charge in [0, 0.05) is 5.56 Å². The molecule has 0 aliphatic heterocycles. The molecule has 0 atom stereocenters. The van der Waals surface area contributed by atoms with E-state index in [0.717, 1.165) is 0 Å². The van der Waals surface area contributed by atoms with Crippen LogP contribution in [0.4, 0.5) is 4.39 Å². The first kappa shape index (κ1) is 10.6. The minimum absolute atomic E-state index is 0.110. The zero-order valence-corrected chi connectivity index (χ0v) is 8.53. The topological polar surface area (TPSA) is 63.3 Å². The standard InChI is InChI=1S/C10H5ClFNO3/c11-7-8(13-16-9(7)10(14)15)5-2-1-3-6(12)4-5/h1-4H,(H,14,15). The van der Waals surface area contributed by atoms with Gasteiger partial charge in [-0.05, 0) is 12.1 Å². The Morgan fingerprint density at radius 2 is 2.25 bits per heavy atom. The summed E-state index contributed by atoms with van der Waals surface area (Å²) in [5.74, 6) is -2.24. The highest BCUT2D eigenvalue weighted by Gasteiger charge is 2.21. The largest absolute Gasteiger partial charge is 0.475 e. The van der Waals surface area contributed by atoms with E-state index in [2.05, 4.69) is 9.68 Å². The summed E-state index contributed by atoms with van der Waals surface area (Å²) in [6.45, 7) is 0. The lowest BCUT2D eigenvalue weighted by Crippen LogP contribution is -1.93. The van der Waals surface area contributed by atoms with Crippen molar-refractivity contribution in [2.75, 3.05) is 0 Å². The number of rotatable bonds is 2. The molecular weight excluding hydrogens is 237 g/mol. The van der Waals surface area contributed by atoms with Gasteiger partial charge in [0.05, 0.1) is 0 Å². The molecule has 1 N–H and O–H groups in total. The van der Waals surface area contributed by atoms with E-state index in [1.807, 2.05) is 0 Å². The number of carboxylic acid groups (broad SMARTS) is 1. The number of hydrogen-bond acceptors (Lipinski definition) is 3. The van der Waals surface area contributed by atoms with E-state index >= 15 is 0 Å². The van der Waals surface area contributed by atoms with E-state index in [1.54, 1.807) is 6.07 Å². The van der Waals surface area contributed by atoms with E-state index in [-0.39, 0.29) is 10.7 Å². The smallest absolute Gasteiger partial charge is 0.376 e. The van der Waals surface area contributed by atoms with Crippen LogP contribution in [-0.4, -0.2) is 16.2 Å². The maximum absolute atomic E-state index is 12.9. The maximum atomic E-state index is 12.9. The maximum Gasteiger partial charge on any atom is 0.376 e. The second kappa shape index (κ2) is 3.94. The van der Waals surface area contributed by atoms with Crippen molar-refractivity contribution in [1.29, 1.82) is 0 Å². The van der Waals surface area contributed by atoms with Crippen LogP contribution in [0.1, 0.15) is 10.6 Å². The highest BCUT2D eigenvalue weighted by molar-refractivity contribution is 6.35. The van der Waals surface area contributed by atoms with E-state index < -0.39 is 17.5 Å². The molecule has 4 nitrogen and oxygen atoms in total. The summed E-state index contributed by atoms with van der Waals surface area (Å²) in [7, 11) is 0. The van der Waals surface area contributed by atoms with Crippen LogP contribution in [0.5, 0.6) is 0 Å². The van der Waals surface area contributed by atoms with E-state index in [1.165, 1.54) is 18.2 Å². The van der Waals surface area contributed by atoms with Crippen molar-refractivity contribution >= 4 is 17.6 Å². The molecular formula is C10H5ClFNO3. The average molecular weight is 242 g/mol. The molecule has 2 rings (SSSR count). The normalized spacial score (nSPS) is 10.4. The molecule has 0 aliphatic carbocycles. The zero-order valence-electron chi connectivity index (χ0n) is 7.78. The van der Waals surface area contributed by atoms with Crippen LogP contribution in [0.15, 0.2) is 28.8 Å². The van der Waals surface area contributed by atoms with Crippen molar-refractivity contribution < 1.29 is 18.8 Å². The van der Waals surface area contributed by atoms with Gasteiger partial charge in [0.25, 0.3) is 5.76 Å². The Labute approximate surface area is 94.2 Å². The summed E-state index contributed by atoms with van der Waals surface area (Å²) < 4.78 is 17.5. The van der Waals surface area contributed by atoms with Gasteiger partial charge < -0.3 is 9.63 Å². The van der Waals surface area contributed by atoms with Crippen molar-refractivity contribution in [3.63, 3.8) is 0 Å². The minimum atomic E-state index is -1.32. The second-order valence-electron chi connectivity index (χ2n) is 2.99. The molecule has 16 heavy (non-hydrogen) atoms. The third-order valence-corrected chi connectivity index (χ3v) is 2.28. The molecule has 2 aromatic rings. The Balaban J connectivity index is 2.53. The van der Waals surface area contributed by atoms with Gasteiger partial charge in [0.15, 0.2) is 0 Å². The number of aromatic nitrogens is 1. The Morgan fingerprint density at radius 1 is 1.50 bits per heavy atom. The molecule has 1 heterocycles. The predicted molar refractivity (Wildman–Crippen MR) is 53.9 cm³/mol. The van der Waals surface area contributed by atoms with Crippen molar-refractivity contribution in [3.8, 4) is 11.3 Å². The first-order valence-corrected chi connectivity index (χ1v) is 4.62. The van der Waals surface area contributed by atoms with Gasteiger partial charge in [-0.1, -0.05) is 28.9 Å². The zero-order chi connectivity index (χ0) is 11.7. The lowest BCUT2D eigenvalue weighted by molar-refractivity contribution is 0.0652. The number of aromatic carboxylic acids is 1. The second-order valence-corrected chi connectivity index (χ2v) is 3.37. The summed E-state index contributed by atoms with van der Waals surface area (Å²) in [5, 5.41) is 12.0. The van der Waals surface area contributed by atoms with E-state index in [4.69, 9.17) is 16.7 Å². The molecule has 1 aromatic heterocycles. The number of carbonyl (C=O) groups is 1. The Morgan fingerprint density at radius 3 is 2.81 bits per heavy atom. The Bertz CT molecular complexity index is 553. The molecule has 0 aliphatic rings. The van der Waals surface area contributed by atoms with Crippen LogP contribution in [0, 0.1) is 5.82 Å². The summed E-state index contributed by atoms with van der Waals surface area (Å²) >= 11 is 5.75. The number of carboxylic acids is 1. The summed E-state index contributed by atoms with van der Waals surface area (Å²) in [4.78, 5) is 10.6. The third-order valence-electron chi connectivity index (χ3n) is 1.93. The van der Waals surface area contributed by atoms with Crippen LogP contribution < -0.4 is 0 Å². The molecule has 0 amide bonds. The van der Waals surface area contributed by atoms with Crippen molar-refractivity contribution in [1.82, 2.24) is 5.16 Å². The molecule has 0 radical (unpaired) electrons. The summed E-state index contributed by atoms with van der Waals surface area (Å²) in [6.07, 6.45) is 0. The molecule has 1 aromatic carbocycles. The van der Waals surface area contributed by atoms with E-state index in [0.29, 0.717) is 5.56 Å². The molecule has 0 saturated heterocycles. The van der Waals surface area contributed by atoms with Crippen LogP contribution in [0.2, 0.25) is 5.02 Å². The van der Waals surface area contributed by atoms with Gasteiger partial charge >= 0.3 is 5.97 Å². The summed E-state index contributed by atoms with van der Waals surface area (Å²) in [6, 6.07) is 5.47. The van der Waals surface area contributed by atoms with Gasteiger partial charge in [-0.2, -0.15) is 0 Å². The van der Waals surface area contributed by atoms with Crippen molar-refractivity contribution in [3.05, 3.63) is 40.9 Å². The van der Waals surface area contributed by atoms with Gasteiger partial charge in [-0.3, -0.25) is 0 Å². The summed E-state index contributed by atoms with van der Waals surface area (Å²) in [5.41, 5.74) is 0.472. The highest BCUT2D eigenvalue weighted by atomic mass is 35.5. The SMILES string of the molecule is O=C(O)c1onc(-c2cccc(F)c2)c1Cl. The Hall–Kier alpha value is -1.88. The number of halogens is 2. The predicted octanol–water partition coefficient (Wildman–Crippen LogP) is 2.83. The quantitative estimate of drug-likeness (QED) is 0.878. The van der Waals surface area contributed by atoms with Gasteiger partial charge in [-0.15, -0.1) is 0 Å². The van der Waals surface area contributed by atoms with Crippen molar-refractivity contribution in [2.24, 2.45) is 0 Å². The van der Waals surface area contributed by atoms with Crippen LogP contribution in [0.3, 0.4) is 0 Å². The third kappa shape index (κ3) is 1.77. The number of hydrogen-bond donors (Lipinski definition) is 1. The highest BCUT2D eigenvalue weighted by Crippen LogP contribution is 2.30. The fourth-order valence-electron chi connectivity index (χ4n) is 1.23. The van der Waals surface area contributed by atoms with Gasteiger partial charge in [-0.25, -0.2) is 9.18 Å². The van der Waals surface area contributed by atoms with Gasteiger partial charge in [0.2, 0.25) is 0 Å². The van der Waals surface area contributed by atoms with Crippen molar-refractivity contribution in [2.45, 2.75) is 0 Å². The lowest BCUT2D eigenvalue weighted by Gasteiger charge is -1.95. The number of nitrogens with zero attached hydrogens (tertiary/aromatic N) is 1. The fraction of sp³-hybridized carbons (Fsp3) is 0. The molecule has 82 valence electrons. The molecule has 0 fully saturated rings. The van der Waals surface area contributed by atoms with Crippen LogP contribution in [-0.2, 0) is 0 Å². The number of benzene rings is 1. The van der Waals surface area contributed by atoms with E-state index in [9.17, 15) is 9.18 Å². The molecule has 0 unspecified atom stereocenters. The van der Waals surface area contributed by atoms with Crippen LogP contribution >= 0.6 is 11.6 Å². The Kier molecular flexibility index (Phi) is 2.62. The monoisotopic (exact) mass is 241 g/mol. The van der Waals surface area contributed by atoms with Gasteiger partial charge in [0.1, 0.15) is 16.5 Å². The minimum Gasteiger partial charge on any atom is -0.475 e. The fourth-order valence-corrected chi connectivity index (χ4v) is 1.49. The first-order chi connectivity index (χ1) is 7.59. The molecule has 0 saturated carbocycles. The lowest BCUT2D eigenvalue weighted by atomic mass is 10.1. The molecule has 6 heteroatoms. The first-order valence-electron chi connectivity index (χ1n) is 4.24. The van der Waals surface area contributed by atoms with Crippen LogP contribution in [0.25, 0.3) is 11.3 Å². The molecule has 0 bridgehead atoms. The average Bonchev–Trinajstić information content (AvgIpc) is 2.60.